The van der Waals surface area contributed by atoms with Crippen LogP contribution in [0.2, 0.25) is 0 Å². The van der Waals surface area contributed by atoms with Crippen molar-refractivity contribution in [3.05, 3.63) is 0 Å². The Balaban J connectivity index is 2.38. The Hall–Kier alpha value is 0.110. The highest BCUT2D eigenvalue weighted by atomic mass is 32.2. The average molecular weight is 231 g/mol. The number of rotatable bonds is 6. The topological polar surface area (TPSA) is 29.1 Å². The van der Waals surface area contributed by atoms with E-state index >= 15 is 0 Å². The second-order valence-corrected chi connectivity index (χ2v) is 6.62. The minimum atomic E-state index is -0.610. The first kappa shape index (κ1) is 13.2. The molecule has 0 saturated heterocycles. The van der Waals surface area contributed by atoms with Crippen LogP contribution >= 0.6 is 0 Å². The van der Waals surface area contributed by atoms with Gasteiger partial charge in [0.25, 0.3) is 0 Å². The number of hydrogen-bond donors (Lipinski definition) is 1. The SMILES string of the molecule is CCNC(CS(=O)C1CCCC1)C(C)C. The van der Waals surface area contributed by atoms with Gasteiger partial charge in [0.2, 0.25) is 0 Å². The van der Waals surface area contributed by atoms with E-state index in [1.54, 1.807) is 0 Å². The van der Waals surface area contributed by atoms with E-state index in [1.165, 1.54) is 25.7 Å². The molecule has 0 amide bonds. The maximum atomic E-state index is 12.1. The van der Waals surface area contributed by atoms with Gasteiger partial charge in [-0.25, -0.2) is 0 Å². The molecule has 2 atom stereocenters. The van der Waals surface area contributed by atoms with Gasteiger partial charge in [0.15, 0.2) is 0 Å². The third-order valence-electron chi connectivity index (χ3n) is 3.29. The highest BCUT2D eigenvalue weighted by molar-refractivity contribution is 7.85. The summed E-state index contributed by atoms with van der Waals surface area (Å²) in [4.78, 5) is 0. The van der Waals surface area contributed by atoms with Crippen molar-refractivity contribution < 1.29 is 4.21 Å². The van der Waals surface area contributed by atoms with E-state index in [1.807, 2.05) is 0 Å². The number of nitrogens with one attached hydrogen (secondary N) is 1. The molecule has 0 radical (unpaired) electrons. The zero-order valence-electron chi connectivity index (χ0n) is 10.3. The van der Waals surface area contributed by atoms with Crippen molar-refractivity contribution in [1.82, 2.24) is 5.32 Å². The third kappa shape index (κ3) is 4.23. The normalized spacial score (nSPS) is 22.1. The zero-order valence-corrected chi connectivity index (χ0v) is 11.1. The minimum Gasteiger partial charge on any atom is -0.313 e. The van der Waals surface area contributed by atoms with Crippen molar-refractivity contribution in [1.29, 1.82) is 0 Å². The molecule has 3 heteroatoms. The fourth-order valence-corrected chi connectivity index (χ4v) is 4.20. The van der Waals surface area contributed by atoms with Crippen molar-refractivity contribution in [2.75, 3.05) is 12.3 Å². The molecule has 1 aliphatic carbocycles. The van der Waals surface area contributed by atoms with E-state index in [0.717, 1.165) is 12.3 Å². The van der Waals surface area contributed by atoms with Crippen LogP contribution in [-0.4, -0.2) is 27.8 Å². The van der Waals surface area contributed by atoms with Crippen molar-refractivity contribution in [3.8, 4) is 0 Å². The summed E-state index contributed by atoms with van der Waals surface area (Å²) in [5.74, 6) is 1.42. The van der Waals surface area contributed by atoms with Gasteiger partial charge in [-0.2, -0.15) is 0 Å². The van der Waals surface area contributed by atoms with Gasteiger partial charge in [-0.3, -0.25) is 4.21 Å². The first-order valence-electron chi connectivity index (χ1n) is 6.25. The van der Waals surface area contributed by atoms with Crippen molar-refractivity contribution in [2.24, 2.45) is 5.92 Å². The molecule has 2 nitrogen and oxygen atoms in total. The quantitative estimate of drug-likeness (QED) is 0.760. The van der Waals surface area contributed by atoms with Crippen molar-refractivity contribution >= 4 is 10.8 Å². The van der Waals surface area contributed by atoms with E-state index in [9.17, 15) is 4.21 Å². The fraction of sp³-hybridized carbons (Fsp3) is 1.00. The molecule has 0 aromatic carbocycles. The van der Waals surface area contributed by atoms with Crippen LogP contribution in [-0.2, 0) is 10.8 Å². The molecule has 1 N–H and O–H groups in total. The molecule has 0 heterocycles. The molecule has 1 saturated carbocycles. The smallest absolute Gasteiger partial charge is 0.0394 e. The van der Waals surface area contributed by atoms with Crippen LogP contribution in [0, 0.1) is 5.92 Å². The van der Waals surface area contributed by atoms with Crippen molar-refractivity contribution in [3.63, 3.8) is 0 Å². The Kier molecular flexibility index (Phi) is 5.83. The van der Waals surface area contributed by atoms with E-state index in [2.05, 4.69) is 26.1 Å². The Morgan fingerprint density at radius 2 is 1.93 bits per heavy atom. The summed E-state index contributed by atoms with van der Waals surface area (Å²) >= 11 is 0. The van der Waals surface area contributed by atoms with E-state index < -0.39 is 10.8 Å². The summed E-state index contributed by atoms with van der Waals surface area (Å²) in [6, 6.07) is 0.427. The van der Waals surface area contributed by atoms with Crippen LogP contribution in [0.3, 0.4) is 0 Å². The van der Waals surface area contributed by atoms with Gasteiger partial charge >= 0.3 is 0 Å². The van der Waals surface area contributed by atoms with E-state index in [-0.39, 0.29) is 0 Å². The minimum absolute atomic E-state index is 0.427. The molecule has 2 unspecified atom stereocenters. The first-order valence-corrected chi connectivity index (χ1v) is 7.64. The zero-order chi connectivity index (χ0) is 11.3. The van der Waals surface area contributed by atoms with Gasteiger partial charge in [0.1, 0.15) is 0 Å². The third-order valence-corrected chi connectivity index (χ3v) is 5.19. The summed E-state index contributed by atoms with van der Waals surface area (Å²) < 4.78 is 12.1. The van der Waals surface area contributed by atoms with E-state index in [4.69, 9.17) is 0 Å². The summed E-state index contributed by atoms with van der Waals surface area (Å²) in [6.07, 6.45) is 4.93. The Labute approximate surface area is 96.7 Å². The van der Waals surface area contributed by atoms with E-state index in [0.29, 0.717) is 17.2 Å². The highest BCUT2D eigenvalue weighted by Gasteiger charge is 2.24. The molecule has 0 spiro atoms. The number of hydrogen-bond acceptors (Lipinski definition) is 2. The molecule has 1 fully saturated rings. The molecule has 1 rings (SSSR count). The van der Waals surface area contributed by atoms with Crippen LogP contribution in [0.4, 0.5) is 0 Å². The predicted octanol–water partition coefficient (Wildman–Crippen LogP) is 2.31. The fourth-order valence-electron chi connectivity index (χ4n) is 2.21. The standard InChI is InChI=1S/C12H25NOS/c1-4-13-12(10(2)3)9-15(14)11-7-5-6-8-11/h10-13H,4-9H2,1-3H3. The van der Waals surface area contributed by atoms with Crippen LogP contribution in [0.15, 0.2) is 0 Å². The van der Waals surface area contributed by atoms with Gasteiger partial charge in [-0.15, -0.1) is 0 Å². The lowest BCUT2D eigenvalue weighted by Gasteiger charge is -2.22. The summed E-state index contributed by atoms with van der Waals surface area (Å²) in [5.41, 5.74) is 0. The van der Waals surface area contributed by atoms with Crippen LogP contribution < -0.4 is 5.32 Å². The van der Waals surface area contributed by atoms with Crippen LogP contribution in [0.1, 0.15) is 46.5 Å². The summed E-state index contributed by atoms with van der Waals surface area (Å²) in [5, 5.41) is 3.93. The van der Waals surface area contributed by atoms with Gasteiger partial charge in [0.05, 0.1) is 0 Å². The van der Waals surface area contributed by atoms with Crippen LogP contribution in [0.25, 0.3) is 0 Å². The second kappa shape index (κ2) is 6.64. The van der Waals surface area contributed by atoms with Gasteiger partial charge in [-0.05, 0) is 25.3 Å². The molecular weight excluding hydrogens is 206 g/mol. The largest absolute Gasteiger partial charge is 0.313 e. The Morgan fingerprint density at radius 1 is 1.33 bits per heavy atom. The van der Waals surface area contributed by atoms with Crippen molar-refractivity contribution in [2.45, 2.75) is 57.7 Å². The lowest BCUT2D eigenvalue weighted by molar-refractivity contribution is 0.439. The Bertz CT molecular complexity index is 200. The maximum Gasteiger partial charge on any atom is 0.0394 e. The van der Waals surface area contributed by atoms with Crippen LogP contribution in [0.5, 0.6) is 0 Å². The molecule has 15 heavy (non-hydrogen) atoms. The molecule has 1 aliphatic rings. The lowest BCUT2D eigenvalue weighted by Crippen LogP contribution is -2.39. The maximum absolute atomic E-state index is 12.1. The second-order valence-electron chi connectivity index (χ2n) is 4.86. The molecule has 0 aromatic rings. The lowest BCUT2D eigenvalue weighted by atomic mass is 10.1. The summed E-state index contributed by atoms with van der Waals surface area (Å²) in [6.45, 7) is 7.51. The monoisotopic (exact) mass is 231 g/mol. The molecule has 90 valence electrons. The Morgan fingerprint density at radius 3 is 2.40 bits per heavy atom. The molecule has 0 bridgehead atoms. The molecule has 0 aromatic heterocycles. The summed E-state index contributed by atoms with van der Waals surface area (Å²) in [7, 11) is -0.610. The first-order chi connectivity index (χ1) is 7.15. The molecule has 0 aliphatic heterocycles. The van der Waals surface area contributed by atoms with Gasteiger partial charge < -0.3 is 5.32 Å². The predicted molar refractivity (Wildman–Crippen MR) is 67.6 cm³/mol. The van der Waals surface area contributed by atoms with Gasteiger partial charge in [0, 0.05) is 27.8 Å². The van der Waals surface area contributed by atoms with Gasteiger partial charge in [-0.1, -0.05) is 33.6 Å². The molecular formula is C12H25NOS. The average Bonchev–Trinajstić information content (AvgIpc) is 2.69. The highest BCUT2D eigenvalue weighted by Crippen LogP contribution is 2.23.